The van der Waals surface area contributed by atoms with Gasteiger partial charge in [-0.2, -0.15) is 0 Å². The van der Waals surface area contributed by atoms with Crippen molar-refractivity contribution in [3.63, 3.8) is 0 Å². The number of hydrogen-bond acceptors (Lipinski definition) is 4. The molecule has 0 amide bonds. The molecule has 0 aliphatic carbocycles. The van der Waals surface area contributed by atoms with Gasteiger partial charge in [-0.05, 0) is 12.8 Å². The minimum atomic E-state index is -0.957. The van der Waals surface area contributed by atoms with Gasteiger partial charge in [0, 0.05) is 13.0 Å². The van der Waals surface area contributed by atoms with Gasteiger partial charge in [0.05, 0.1) is 11.9 Å². The summed E-state index contributed by atoms with van der Waals surface area (Å²) in [5.41, 5.74) is -0.957. The predicted molar refractivity (Wildman–Crippen MR) is 76.4 cm³/mol. The van der Waals surface area contributed by atoms with Gasteiger partial charge in [-0.15, -0.1) is 0 Å². The highest BCUT2D eigenvalue weighted by Crippen LogP contribution is 2.38. The molecular weight excluding hydrogens is 312 g/mol. The maximum absolute atomic E-state index is 12.0. The third kappa shape index (κ3) is 4.02. The molecule has 0 aromatic heterocycles. The fourth-order valence-electron chi connectivity index (χ4n) is 2.38. The molecule has 4 nitrogen and oxygen atoms in total. The van der Waals surface area contributed by atoms with Crippen molar-refractivity contribution >= 4 is 27.7 Å². The smallest absolute Gasteiger partial charge is 0.320 e. The molecule has 0 bridgehead atoms. The Labute approximate surface area is 123 Å². The van der Waals surface area contributed by atoms with Gasteiger partial charge in [-0.3, -0.25) is 9.59 Å². The first kappa shape index (κ1) is 16.6. The zero-order valence-corrected chi connectivity index (χ0v) is 13.3. The molecule has 0 N–H and O–H groups in total. The highest BCUT2D eigenvalue weighted by Gasteiger charge is 2.52. The van der Waals surface area contributed by atoms with Crippen molar-refractivity contribution in [1.29, 1.82) is 0 Å². The van der Waals surface area contributed by atoms with Crippen molar-refractivity contribution in [1.82, 2.24) is 0 Å². The Bertz CT molecular complexity index is 319. The quantitative estimate of drug-likeness (QED) is 0.281. The zero-order valence-electron chi connectivity index (χ0n) is 11.7. The van der Waals surface area contributed by atoms with Gasteiger partial charge >= 0.3 is 5.97 Å². The number of halogens is 1. The number of ketones is 1. The fraction of sp³-hybridized carbons (Fsp3) is 0.857. The molecule has 5 heteroatoms. The number of carbonyl (C=O) groups excluding carboxylic acids is 2. The van der Waals surface area contributed by atoms with Crippen LogP contribution in [0.5, 0.6) is 0 Å². The van der Waals surface area contributed by atoms with E-state index in [1.54, 1.807) is 0 Å². The maximum atomic E-state index is 12.0. The maximum Gasteiger partial charge on any atom is 0.320 e. The van der Waals surface area contributed by atoms with Crippen molar-refractivity contribution in [2.24, 2.45) is 5.41 Å². The van der Waals surface area contributed by atoms with Gasteiger partial charge in [-0.25, -0.2) is 0 Å². The van der Waals surface area contributed by atoms with Crippen LogP contribution in [0, 0.1) is 5.41 Å². The summed E-state index contributed by atoms with van der Waals surface area (Å²) in [4.78, 5) is 23.9. The van der Waals surface area contributed by atoms with E-state index in [1.165, 1.54) is 0 Å². The van der Waals surface area contributed by atoms with E-state index < -0.39 is 5.41 Å². The highest BCUT2D eigenvalue weighted by molar-refractivity contribution is 9.09. The minimum absolute atomic E-state index is 0.0894. The molecule has 0 aromatic rings. The first-order valence-corrected chi connectivity index (χ1v) is 8.11. The van der Waals surface area contributed by atoms with Crippen molar-refractivity contribution in [3.8, 4) is 0 Å². The van der Waals surface area contributed by atoms with Gasteiger partial charge in [0.2, 0.25) is 0 Å². The molecule has 110 valence electrons. The number of hydrogen-bond donors (Lipinski definition) is 0. The van der Waals surface area contributed by atoms with E-state index in [2.05, 4.69) is 22.9 Å². The van der Waals surface area contributed by atoms with E-state index in [1.807, 2.05) is 6.92 Å². The van der Waals surface area contributed by atoms with Crippen LogP contribution in [0.1, 0.15) is 46.0 Å². The summed E-state index contributed by atoms with van der Waals surface area (Å²) in [6.45, 7) is 5.08. The summed E-state index contributed by atoms with van der Waals surface area (Å²) in [5.74, 6) is -0.477. The molecule has 1 fully saturated rings. The number of alkyl halides is 1. The van der Waals surface area contributed by atoms with E-state index in [0.29, 0.717) is 26.1 Å². The number of Topliss-reactive ketones (excluding diaryl/α,β-unsaturated/α-hetero) is 1. The van der Waals surface area contributed by atoms with Crippen LogP contribution in [0.4, 0.5) is 0 Å². The molecular formula is C14H23BrO4. The lowest BCUT2D eigenvalue weighted by atomic mass is 9.79. The van der Waals surface area contributed by atoms with E-state index in [0.717, 1.165) is 19.3 Å². The SMILES string of the molecule is CCCCCOCC1CC(CC)(C(=O)CBr)C(=O)O1. The first-order valence-electron chi connectivity index (χ1n) is 6.98. The van der Waals surface area contributed by atoms with Crippen molar-refractivity contribution in [2.75, 3.05) is 18.5 Å². The lowest BCUT2D eigenvalue weighted by molar-refractivity contribution is -0.153. The van der Waals surface area contributed by atoms with Gasteiger partial charge < -0.3 is 9.47 Å². The average Bonchev–Trinajstić information content (AvgIpc) is 2.75. The van der Waals surface area contributed by atoms with Crippen molar-refractivity contribution in [3.05, 3.63) is 0 Å². The van der Waals surface area contributed by atoms with Crippen LogP contribution in [0.15, 0.2) is 0 Å². The summed E-state index contributed by atoms with van der Waals surface area (Å²) in [6.07, 6.45) is 3.97. The Morgan fingerprint density at radius 2 is 2.21 bits per heavy atom. The Kier molecular flexibility index (Phi) is 7.00. The van der Waals surface area contributed by atoms with Crippen LogP contribution in [0.2, 0.25) is 0 Å². The summed E-state index contributed by atoms with van der Waals surface area (Å²) < 4.78 is 10.8. The number of esters is 1. The molecule has 1 heterocycles. The Morgan fingerprint density at radius 3 is 2.79 bits per heavy atom. The number of unbranched alkanes of at least 4 members (excludes halogenated alkanes) is 2. The average molecular weight is 335 g/mol. The first-order chi connectivity index (χ1) is 9.10. The monoisotopic (exact) mass is 334 g/mol. The molecule has 1 aliphatic heterocycles. The molecule has 0 saturated carbocycles. The third-order valence-corrected chi connectivity index (χ3v) is 4.20. The van der Waals surface area contributed by atoms with Gasteiger partial charge in [0.25, 0.3) is 0 Å². The van der Waals surface area contributed by atoms with Crippen LogP contribution >= 0.6 is 15.9 Å². The molecule has 2 unspecified atom stereocenters. The Balaban J connectivity index is 2.45. The lowest BCUT2D eigenvalue weighted by Gasteiger charge is -2.19. The Hall–Kier alpha value is -0.420. The van der Waals surface area contributed by atoms with Gasteiger partial charge in [0.15, 0.2) is 5.78 Å². The standard InChI is InChI=1S/C14H23BrO4/c1-3-5-6-7-18-10-11-8-14(4-2,12(16)9-15)13(17)19-11/h11H,3-10H2,1-2H3. The number of carbonyl (C=O) groups is 2. The molecule has 1 aliphatic rings. The summed E-state index contributed by atoms with van der Waals surface area (Å²) in [5, 5.41) is 0.194. The molecule has 0 spiro atoms. The number of rotatable bonds is 9. The highest BCUT2D eigenvalue weighted by atomic mass is 79.9. The fourth-order valence-corrected chi connectivity index (χ4v) is 2.92. The van der Waals surface area contributed by atoms with Crippen molar-refractivity contribution < 1.29 is 19.1 Å². The van der Waals surface area contributed by atoms with E-state index in [9.17, 15) is 9.59 Å². The van der Waals surface area contributed by atoms with Crippen LogP contribution in [0.25, 0.3) is 0 Å². The number of cyclic esters (lactones) is 1. The molecule has 19 heavy (non-hydrogen) atoms. The summed E-state index contributed by atoms with van der Waals surface area (Å²) >= 11 is 3.14. The molecule has 1 rings (SSSR count). The normalized spacial score (nSPS) is 26.5. The second kappa shape index (κ2) is 8.00. The number of ether oxygens (including phenoxy) is 2. The second-order valence-corrected chi connectivity index (χ2v) is 5.57. The topological polar surface area (TPSA) is 52.6 Å². The summed E-state index contributed by atoms with van der Waals surface area (Å²) in [6, 6.07) is 0. The van der Waals surface area contributed by atoms with Crippen LogP contribution in [-0.4, -0.2) is 36.4 Å². The van der Waals surface area contributed by atoms with E-state index >= 15 is 0 Å². The van der Waals surface area contributed by atoms with Gasteiger partial charge in [-0.1, -0.05) is 42.6 Å². The molecule has 0 radical (unpaired) electrons. The van der Waals surface area contributed by atoms with Crippen LogP contribution in [0.3, 0.4) is 0 Å². The minimum Gasteiger partial charge on any atom is -0.459 e. The van der Waals surface area contributed by atoms with Crippen LogP contribution < -0.4 is 0 Å². The molecule has 2 atom stereocenters. The van der Waals surface area contributed by atoms with Crippen LogP contribution in [-0.2, 0) is 19.1 Å². The second-order valence-electron chi connectivity index (χ2n) is 5.01. The summed E-state index contributed by atoms with van der Waals surface area (Å²) in [7, 11) is 0. The van der Waals surface area contributed by atoms with E-state index in [-0.39, 0.29) is 23.2 Å². The molecule has 1 saturated heterocycles. The van der Waals surface area contributed by atoms with E-state index in [4.69, 9.17) is 9.47 Å². The largest absolute Gasteiger partial charge is 0.459 e. The zero-order chi connectivity index (χ0) is 14.3. The Morgan fingerprint density at radius 1 is 1.47 bits per heavy atom. The molecule has 0 aromatic carbocycles. The predicted octanol–water partition coefficient (Wildman–Crippen LogP) is 2.87. The third-order valence-electron chi connectivity index (χ3n) is 3.70. The lowest BCUT2D eigenvalue weighted by Crippen LogP contribution is -2.36. The van der Waals surface area contributed by atoms with Crippen molar-refractivity contribution in [2.45, 2.75) is 52.1 Å². The van der Waals surface area contributed by atoms with Gasteiger partial charge in [0.1, 0.15) is 11.5 Å².